The standard InChI is InChI=1S/C72H124O6/c1-4-7-10-13-16-19-22-25-28-30-32-34-36-38-40-42-44-47-50-53-56-59-62-65-71(74)77-68-69(67-76-70(73)64-61-58-55-52-49-46-27-24-21-18-15-12-9-6-3)78-72(75)66-63-60-57-54-51-48-45-43-41-39-37-35-33-31-29-26-23-20-17-14-11-8-5-2/h7,10,16,19,23-28,31-34,38,40,69H,4-6,8-9,11-15,17-18,20-22,29-30,35-37,39,41-68H2,1-3H3/b10-7-,19-16-,26-23-,27-24-,28-25-,33-31-,34-32-,40-38-. The Hall–Kier alpha value is -3.67. The Morgan fingerprint density at radius 1 is 0.269 bits per heavy atom. The van der Waals surface area contributed by atoms with Crippen LogP contribution in [0.4, 0.5) is 0 Å². The van der Waals surface area contributed by atoms with Gasteiger partial charge in [-0.05, 0) is 122 Å². The van der Waals surface area contributed by atoms with E-state index in [-0.39, 0.29) is 31.1 Å². The van der Waals surface area contributed by atoms with E-state index in [1.165, 1.54) is 173 Å². The first kappa shape index (κ1) is 74.3. The van der Waals surface area contributed by atoms with Gasteiger partial charge in [0.1, 0.15) is 13.2 Å². The monoisotopic (exact) mass is 1080 g/mol. The molecule has 0 N–H and O–H groups in total. The number of hydrogen-bond donors (Lipinski definition) is 0. The Balaban J connectivity index is 4.37. The summed E-state index contributed by atoms with van der Waals surface area (Å²) in [6.45, 7) is 6.52. The van der Waals surface area contributed by atoms with E-state index in [4.69, 9.17) is 14.2 Å². The van der Waals surface area contributed by atoms with Crippen LogP contribution in [-0.4, -0.2) is 37.2 Å². The highest BCUT2D eigenvalue weighted by Crippen LogP contribution is 2.16. The SMILES string of the molecule is CC/C=C\C/C=C\C/C=C\C/C=C\C/C=C\CCCCCCCCCC(=O)OCC(COC(=O)CCCCCCC/C=C\CCCCCCC)OC(=O)CCCCCCCCCCCCC/C=C\C/C=C\CCCCCCC. The van der Waals surface area contributed by atoms with E-state index in [1.807, 2.05) is 0 Å². The molecule has 0 aromatic heterocycles. The predicted octanol–water partition coefficient (Wildman–Crippen LogP) is 22.8. The lowest BCUT2D eigenvalue weighted by atomic mass is 10.0. The molecule has 0 aliphatic rings. The summed E-state index contributed by atoms with van der Waals surface area (Å²) < 4.78 is 16.9. The number of hydrogen-bond acceptors (Lipinski definition) is 6. The number of carbonyl (C=O) groups excluding carboxylic acids is 3. The topological polar surface area (TPSA) is 78.9 Å². The maximum atomic E-state index is 12.9. The van der Waals surface area contributed by atoms with Gasteiger partial charge in [-0.3, -0.25) is 14.4 Å². The van der Waals surface area contributed by atoms with Crippen LogP contribution in [0, 0.1) is 0 Å². The molecule has 6 heteroatoms. The molecule has 0 bridgehead atoms. The first-order chi connectivity index (χ1) is 38.5. The Kier molecular flexibility index (Phi) is 62.7. The summed E-state index contributed by atoms with van der Waals surface area (Å²) in [4.78, 5) is 38.4. The van der Waals surface area contributed by atoms with Crippen LogP contribution >= 0.6 is 0 Å². The molecule has 0 rings (SSSR count). The van der Waals surface area contributed by atoms with Crippen molar-refractivity contribution in [3.05, 3.63) is 97.2 Å². The molecule has 0 saturated heterocycles. The molecule has 1 unspecified atom stereocenters. The molecule has 0 heterocycles. The first-order valence-corrected chi connectivity index (χ1v) is 33.2. The van der Waals surface area contributed by atoms with Gasteiger partial charge in [0.25, 0.3) is 0 Å². The van der Waals surface area contributed by atoms with Gasteiger partial charge in [0.2, 0.25) is 0 Å². The largest absolute Gasteiger partial charge is 0.462 e. The Morgan fingerprint density at radius 3 is 0.795 bits per heavy atom. The lowest BCUT2D eigenvalue weighted by molar-refractivity contribution is -0.167. The number of rotatable bonds is 60. The van der Waals surface area contributed by atoms with Crippen LogP contribution in [0.1, 0.15) is 323 Å². The van der Waals surface area contributed by atoms with Crippen LogP contribution < -0.4 is 0 Å². The summed E-state index contributed by atoms with van der Waals surface area (Å²) in [6.07, 6.45) is 88.4. The van der Waals surface area contributed by atoms with Crippen LogP contribution in [-0.2, 0) is 28.6 Å². The molecule has 0 saturated carbocycles. The van der Waals surface area contributed by atoms with E-state index in [0.717, 1.165) is 109 Å². The van der Waals surface area contributed by atoms with Crippen molar-refractivity contribution in [1.82, 2.24) is 0 Å². The van der Waals surface area contributed by atoms with Gasteiger partial charge in [-0.25, -0.2) is 0 Å². The van der Waals surface area contributed by atoms with E-state index >= 15 is 0 Å². The Labute approximate surface area is 483 Å². The second kappa shape index (κ2) is 65.8. The maximum absolute atomic E-state index is 12.9. The zero-order chi connectivity index (χ0) is 56.4. The summed E-state index contributed by atoms with van der Waals surface area (Å²) in [5, 5.41) is 0. The Morgan fingerprint density at radius 2 is 0.500 bits per heavy atom. The molecule has 1 atom stereocenters. The molecule has 6 nitrogen and oxygen atoms in total. The van der Waals surface area contributed by atoms with Gasteiger partial charge < -0.3 is 14.2 Å². The summed E-state index contributed by atoms with van der Waals surface area (Å²) in [5.74, 6) is -0.895. The summed E-state index contributed by atoms with van der Waals surface area (Å²) in [6, 6.07) is 0. The zero-order valence-electron chi connectivity index (χ0n) is 51.4. The highest BCUT2D eigenvalue weighted by Gasteiger charge is 2.19. The number of esters is 3. The fraction of sp³-hybridized carbons (Fsp3) is 0.736. The van der Waals surface area contributed by atoms with Crippen LogP contribution in [0.2, 0.25) is 0 Å². The molecular weight excluding hydrogens is 961 g/mol. The molecule has 0 aliphatic heterocycles. The van der Waals surface area contributed by atoms with Gasteiger partial charge in [-0.1, -0.05) is 279 Å². The number of carbonyl (C=O) groups is 3. The van der Waals surface area contributed by atoms with E-state index in [2.05, 4.69) is 118 Å². The van der Waals surface area contributed by atoms with Gasteiger partial charge in [0.15, 0.2) is 6.10 Å². The fourth-order valence-corrected chi connectivity index (χ4v) is 9.32. The molecule has 0 radical (unpaired) electrons. The highest BCUT2D eigenvalue weighted by molar-refractivity contribution is 5.71. The van der Waals surface area contributed by atoms with Crippen LogP contribution in [0.5, 0.6) is 0 Å². The molecule has 78 heavy (non-hydrogen) atoms. The van der Waals surface area contributed by atoms with E-state index in [9.17, 15) is 14.4 Å². The smallest absolute Gasteiger partial charge is 0.306 e. The predicted molar refractivity (Wildman–Crippen MR) is 339 cm³/mol. The van der Waals surface area contributed by atoms with Gasteiger partial charge in [0.05, 0.1) is 0 Å². The van der Waals surface area contributed by atoms with Crippen molar-refractivity contribution >= 4 is 17.9 Å². The van der Waals surface area contributed by atoms with Crippen molar-refractivity contribution in [3.8, 4) is 0 Å². The molecular formula is C72H124O6. The third-order valence-corrected chi connectivity index (χ3v) is 14.3. The summed E-state index contributed by atoms with van der Waals surface area (Å²) in [7, 11) is 0. The molecule has 0 aromatic carbocycles. The van der Waals surface area contributed by atoms with Crippen molar-refractivity contribution in [2.45, 2.75) is 329 Å². The van der Waals surface area contributed by atoms with Gasteiger partial charge >= 0.3 is 17.9 Å². The average Bonchev–Trinajstić information content (AvgIpc) is 3.44. The van der Waals surface area contributed by atoms with E-state index in [1.54, 1.807) is 0 Å². The molecule has 0 aliphatic carbocycles. The minimum atomic E-state index is -0.789. The number of allylic oxidation sites excluding steroid dienone is 16. The van der Waals surface area contributed by atoms with Crippen LogP contribution in [0.3, 0.4) is 0 Å². The zero-order valence-corrected chi connectivity index (χ0v) is 51.4. The lowest BCUT2D eigenvalue weighted by Gasteiger charge is -2.18. The summed E-state index contributed by atoms with van der Waals surface area (Å²) in [5.41, 5.74) is 0. The van der Waals surface area contributed by atoms with Gasteiger partial charge in [-0.15, -0.1) is 0 Å². The van der Waals surface area contributed by atoms with Crippen molar-refractivity contribution in [3.63, 3.8) is 0 Å². The highest BCUT2D eigenvalue weighted by atomic mass is 16.6. The normalized spacial score (nSPS) is 12.7. The second-order valence-corrected chi connectivity index (χ2v) is 22.0. The molecule has 0 fully saturated rings. The van der Waals surface area contributed by atoms with Gasteiger partial charge in [0, 0.05) is 19.3 Å². The maximum Gasteiger partial charge on any atom is 0.306 e. The van der Waals surface area contributed by atoms with Crippen molar-refractivity contribution in [1.29, 1.82) is 0 Å². The third kappa shape index (κ3) is 63.2. The molecule has 0 amide bonds. The van der Waals surface area contributed by atoms with Crippen molar-refractivity contribution in [2.75, 3.05) is 13.2 Å². The quantitative estimate of drug-likeness (QED) is 0.0261. The van der Waals surface area contributed by atoms with E-state index < -0.39 is 6.10 Å². The van der Waals surface area contributed by atoms with Crippen molar-refractivity contribution in [2.24, 2.45) is 0 Å². The lowest BCUT2D eigenvalue weighted by Crippen LogP contribution is -2.30. The number of unbranched alkanes of at least 4 members (excludes halogenated alkanes) is 33. The second-order valence-electron chi connectivity index (χ2n) is 22.0. The van der Waals surface area contributed by atoms with Gasteiger partial charge in [-0.2, -0.15) is 0 Å². The Bertz CT molecular complexity index is 1530. The third-order valence-electron chi connectivity index (χ3n) is 14.3. The molecule has 0 aromatic rings. The summed E-state index contributed by atoms with van der Waals surface area (Å²) >= 11 is 0. The van der Waals surface area contributed by atoms with Crippen molar-refractivity contribution < 1.29 is 28.6 Å². The number of ether oxygens (including phenoxy) is 3. The minimum absolute atomic E-state index is 0.0852. The van der Waals surface area contributed by atoms with Crippen LogP contribution in [0.15, 0.2) is 97.2 Å². The van der Waals surface area contributed by atoms with E-state index in [0.29, 0.717) is 19.3 Å². The molecule has 448 valence electrons. The van der Waals surface area contributed by atoms with Crippen LogP contribution in [0.25, 0.3) is 0 Å². The minimum Gasteiger partial charge on any atom is -0.462 e. The molecule has 0 spiro atoms. The first-order valence-electron chi connectivity index (χ1n) is 33.2. The fourth-order valence-electron chi connectivity index (χ4n) is 9.32. The average molecular weight is 1090 g/mol.